The number of carbonyl (C=O) groups excluding carboxylic acids is 5. The average Bonchev–Trinajstić information content (AvgIpc) is 3.21. The Labute approximate surface area is 356 Å². The number of aldehydes is 1. The number of Topliss-reactive ketones (excluding diaryl/α,β-unsaturated/α-hetero) is 1. The molecule has 0 fully saturated rings. The summed E-state index contributed by atoms with van der Waals surface area (Å²) in [6.45, 7) is 4.57. The zero-order chi connectivity index (χ0) is 45.3. The molecule has 0 saturated heterocycles. The number of fused-ring (bicyclic) bond motifs is 2. The first kappa shape index (κ1) is 45.7. The summed E-state index contributed by atoms with van der Waals surface area (Å²) < 4.78 is 0. The van der Waals surface area contributed by atoms with Crippen LogP contribution in [0.3, 0.4) is 0 Å². The molecule has 2 aliphatic carbocycles. The second-order valence-electron chi connectivity index (χ2n) is 15.5. The Hall–Kier alpha value is -7.43. The van der Waals surface area contributed by atoms with Crippen LogP contribution in [0.15, 0.2) is 89.5 Å². The summed E-state index contributed by atoms with van der Waals surface area (Å²) in [5, 5.41) is 49.4. The highest BCUT2D eigenvalue weighted by Crippen LogP contribution is 2.47. The van der Waals surface area contributed by atoms with Gasteiger partial charge in [0, 0.05) is 36.1 Å². The molecule has 2 unspecified atom stereocenters. The average molecular weight is 850 g/mol. The number of carboxylic acid groups (broad SMARTS) is 3. The molecule has 4 atom stereocenters. The molecule has 0 saturated carbocycles. The van der Waals surface area contributed by atoms with Crippen LogP contribution in [-0.4, -0.2) is 98.0 Å². The van der Waals surface area contributed by atoms with Gasteiger partial charge in [0.15, 0.2) is 11.6 Å². The zero-order valence-corrected chi connectivity index (χ0v) is 34.1. The van der Waals surface area contributed by atoms with E-state index in [1.54, 1.807) is 81.5 Å². The fraction of sp³-hybridized carbons (Fsp3) is 0.311. The van der Waals surface area contributed by atoms with Gasteiger partial charge in [-0.25, -0.2) is 14.4 Å². The number of aliphatic imine (C=N–C) groups is 1. The molecule has 17 heteroatoms. The first-order valence-electron chi connectivity index (χ1n) is 19.7. The number of nitrogens with zero attached hydrogens (tertiary/aromatic N) is 1. The molecular weight excluding hydrogens is 803 g/mol. The van der Waals surface area contributed by atoms with Crippen LogP contribution in [-0.2, 0) is 41.6 Å². The molecule has 324 valence electrons. The number of aromatic carboxylic acids is 1. The maximum Gasteiger partial charge on any atom is 0.336 e. The predicted octanol–water partition coefficient (Wildman–Crippen LogP) is 4.44. The van der Waals surface area contributed by atoms with Crippen LogP contribution >= 0.6 is 0 Å². The maximum atomic E-state index is 13.4. The quantitative estimate of drug-likeness (QED) is 0.0613. The van der Waals surface area contributed by atoms with Gasteiger partial charge in [-0.15, -0.1) is 0 Å². The highest BCUT2D eigenvalue weighted by Gasteiger charge is 2.37. The number of aliphatic carboxylic acids is 2. The number of hydrogen-bond acceptors (Lipinski definition) is 11. The number of aromatic hydroxyl groups is 1. The summed E-state index contributed by atoms with van der Waals surface area (Å²) in [6.07, 6.45) is 5.05. The number of anilines is 2. The van der Waals surface area contributed by atoms with Crippen molar-refractivity contribution >= 4 is 64.8 Å². The number of phenols is 1. The molecule has 5 rings (SSSR count). The molecule has 8 N–H and O–H groups in total. The summed E-state index contributed by atoms with van der Waals surface area (Å²) in [6, 6.07) is 12.4. The van der Waals surface area contributed by atoms with Gasteiger partial charge in [0.1, 0.15) is 30.3 Å². The van der Waals surface area contributed by atoms with Gasteiger partial charge in [0.2, 0.25) is 0 Å². The lowest BCUT2D eigenvalue weighted by Crippen LogP contribution is -2.50. The molecule has 17 nitrogen and oxygen atoms in total. The molecule has 3 aromatic rings. The zero-order valence-electron chi connectivity index (χ0n) is 34.1. The third kappa shape index (κ3) is 11.4. The molecule has 3 amide bonds. The van der Waals surface area contributed by atoms with E-state index in [0.717, 1.165) is 16.7 Å². The number of allylic oxidation sites excluding steroid dienone is 4. The van der Waals surface area contributed by atoms with Crippen molar-refractivity contribution < 1.29 is 58.8 Å². The van der Waals surface area contributed by atoms with Gasteiger partial charge in [-0.2, -0.15) is 0 Å². The van der Waals surface area contributed by atoms with Gasteiger partial charge in [-0.1, -0.05) is 42.8 Å². The molecule has 3 aromatic carbocycles. The van der Waals surface area contributed by atoms with Crippen LogP contribution in [0.1, 0.15) is 78.6 Å². The summed E-state index contributed by atoms with van der Waals surface area (Å²) in [5.41, 5.74) is 2.85. The number of carbonyl (C=O) groups is 8. The van der Waals surface area contributed by atoms with Crippen molar-refractivity contribution in [1.29, 1.82) is 0 Å². The number of carboxylic acids is 3. The maximum absolute atomic E-state index is 13.4. The Bertz CT molecular complexity index is 2380. The van der Waals surface area contributed by atoms with E-state index in [1.165, 1.54) is 18.2 Å². The highest BCUT2D eigenvalue weighted by molar-refractivity contribution is 6.43. The Morgan fingerprint density at radius 1 is 0.919 bits per heavy atom. The Balaban J connectivity index is 1.22. The number of ketones is 2. The highest BCUT2D eigenvalue weighted by atomic mass is 16.4. The molecule has 0 spiro atoms. The lowest BCUT2D eigenvalue weighted by molar-refractivity contribution is -0.139. The second kappa shape index (κ2) is 19.8. The Morgan fingerprint density at radius 3 is 2.26 bits per heavy atom. The van der Waals surface area contributed by atoms with Crippen molar-refractivity contribution in [2.75, 3.05) is 17.2 Å². The minimum absolute atomic E-state index is 0.0458. The number of amides is 3. The Kier molecular flexibility index (Phi) is 14.5. The normalized spacial score (nSPS) is 16.7. The molecule has 0 radical (unpaired) electrons. The molecule has 0 bridgehead atoms. The predicted molar refractivity (Wildman–Crippen MR) is 227 cm³/mol. The minimum Gasteiger partial charge on any atom is -0.508 e. The van der Waals surface area contributed by atoms with E-state index in [2.05, 4.69) is 26.3 Å². The molecule has 2 aliphatic rings. The largest absolute Gasteiger partial charge is 0.508 e. The van der Waals surface area contributed by atoms with Gasteiger partial charge in [-0.05, 0) is 104 Å². The summed E-state index contributed by atoms with van der Waals surface area (Å²) in [7, 11) is 0. The van der Waals surface area contributed by atoms with Crippen LogP contribution < -0.4 is 21.3 Å². The topological polar surface area (TPSA) is 278 Å². The number of rotatable bonds is 19. The SMILES string of the molecule is CCC(=NCC(=O)C(C)(C)Nc1ccc(C[C@H](NC(=O)N[C@H](C=O)CCC(=O)O)C(=O)O)cc1)C(=O)Nc1ccc(C2c3ccc(O)cc3CC3=CC(=O)C=CC32)c(C(=O)O)c1. The van der Waals surface area contributed by atoms with Gasteiger partial charge >= 0.3 is 23.9 Å². The number of phenolic OH excluding ortho intramolecular Hbond substituents is 1. The monoisotopic (exact) mass is 849 g/mol. The fourth-order valence-corrected chi connectivity index (χ4v) is 7.38. The number of hydrogen-bond donors (Lipinski definition) is 8. The van der Waals surface area contributed by atoms with Crippen LogP contribution in [0.25, 0.3) is 0 Å². The summed E-state index contributed by atoms with van der Waals surface area (Å²) in [5.74, 6) is -5.65. The van der Waals surface area contributed by atoms with Crippen molar-refractivity contribution in [2.45, 2.75) is 76.4 Å². The van der Waals surface area contributed by atoms with E-state index >= 15 is 0 Å². The van der Waals surface area contributed by atoms with E-state index in [9.17, 15) is 53.7 Å². The Morgan fingerprint density at radius 2 is 1.61 bits per heavy atom. The van der Waals surface area contributed by atoms with E-state index in [-0.39, 0.29) is 72.4 Å². The van der Waals surface area contributed by atoms with Crippen molar-refractivity contribution in [3.8, 4) is 5.75 Å². The van der Waals surface area contributed by atoms with Crippen LogP contribution in [0.4, 0.5) is 16.2 Å². The molecule has 62 heavy (non-hydrogen) atoms. The smallest absolute Gasteiger partial charge is 0.336 e. The molecular formula is C45H47N5O12. The van der Waals surface area contributed by atoms with E-state index in [1.807, 2.05) is 0 Å². The van der Waals surface area contributed by atoms with Crippen LogP contribution in [0.2, 0.25) is 0 Å². The minimum atomic E-state index is -1.38. The molecule has 0 aromatic heterocycles. The van der Waals surface area contributed by atoms with E-state index in [0.29, 0.717) is 29.5 Å². The van der Waals surface area contributed by atoms with Crippen molar-refractivity contribution in [3.63, 3.8) is 0 Å². The summed E-state index contributed by atoms with van der Waals surface area (Å²) in [4.78, 5) is 102. The van der Waals surface area contributed by atoms with Crippen molar-refractivity contribution in [1.82, 2.24) is 10.6 Å². The second-order valence-corrected chi connectivity index (χ2v) is 15.5. The van der Waals surface area contributed by atoms with Crippen molar-refractivity contribution in [2.24, 2.45) is 10.9 Å². The lowest BCUT2D eigenvalue weighted by atomic mass is 9.67. The first-order chi connectivity index (χ1) is 29.4. The third-order valence-corrected chi connectivity index (χ3v) is 10.6. The van der Waals surface area contributed by atoms with Crippen LogP contribution in [0, 0.1) is 5.92 Å². The van der Waals surface area contributed by atoms with E-state index in [4.69, 9.17) is 5.11 Å². The number of nitrogens with one attached hydrogen (secondary N) is 4. The standard InChI is InChI=1S/C45H47N5O12/c1-4-36(41(57)47-28-9-13-34(35(21-28)42(58)59)40-32-14-11-30(52)19-25(32)18-26-20-31(53)12-15-33(26)40)46-22-38(54)45(2,3)50-27-7-5-24(6-8-27)17-37(43(60)61)49-44(62)48-29(23-51)10-16-39(55)56/h5-9,11-15,19-21,23,29,32,37,40,50,53H,4,10,16-18,22H2,1-3H3,(H,47,57)(H,55,56)(H,58,59)(H,60,61)(H2,48,49,62)/t29-,32?,37-,40?/m0/s1. The van der Waals surface area contributed by atoms with Gasteiger partial charge in [0.05, 0.1) is 17.1 Å². The number of benzene rings is 3. The van der Waals surface area contributed by atoms with E-state index < -0.39 is 53.4 Å². The van der Waals surface area contributed by atoms with Crippen molar-refractivity contribution in [3.05, 3.63) is 112 Å². The fourth-order valence-electron chi connectivity index (χ4n) is 7.38. The first-order valence-corrected chi connectivity index (χ1v) is 19.7. The molecule has 0 aliphatic heterocycles. The van der Waals surface area contributed by atoms with Gasteiger partial charge in [-0.3, -0.25) is 24.2 Å². The molecule has 0 heterocycles. The van der Waals surface area contributed by atoms with Gasteiger partial charge in [0.25, 0.3) is 5.91 Å². The third-order valence-electron chi connectivity index (χ3n) is 10.6. The number of urea groups is 1. The summed E-state index contributed by atoms with van der Waals surface area (Å²) >= 11 is 0. The van der Waals surface area contributed by atoms with Crippen LogP contribution in [0.5, 0.6) is 5.75 Å². The van der Waals surface area contributed by atoms with Gasteiger partial charge < -0.3 is 46.5 Å². The lowest BCUT2D eigenvalue weighted by Gasteiger charge is -2.36.